The number of piperidine rings is 1. The van der Waals surface area contributed by atoms with Crippen LogP contribution in [0, 0.1) is 0 Å². The third-order valence-electron chi connectivity index (χ3n) is 2.41. The summed E-state index contributed by atoms with van der Waals surface area (Å²) in [5.41, 5.74) is -0.572. The second-order valence-corrected chi connectivity index (χ2v) is 7.80. The Hall–Kier alpha value is -0.530. The molecule has 1 heterocycles. The van der Waals surface area contributed by atoms with Gasteiger partial charge in [-0.25, -0.2) is 4.79 Å². The molecule has 0 bridgehead atoms. The van der Waals surface area contributed by atoms with Crippen LogP contribution in [0.4, 0.5) is 4.79 Å². The van der Waals surface area contributed by atoms with E-state index in [2.05, 4.69) is 5.32 Å². The minimum Gasteiger partial charge on any atom is -0.444 e. The molecule has 18 heavy (non-hydrogen) atoms. The lowest BCUT2D eigenvalue weighted by Gasteiger charge is -2.31. The highest BCUT2D eigenvalue weighted by atomic mass is 35.7. The lowest BCUT2D eigenvalue weighted by atomic mass is 10.1. The van der Waals surface area contributed by atoms with Gasteiger partial charge in [0.1, 0.15) is 5.60 Å². The van der Waals surface area contributed by atoms with E-state index in [1.54, 1.807) is 20.8 Å². The Bertz CT molecular complexity index is 405. The number of nitrogens with zero attached hydrogens (tertiary/aromatic N) is 1. The van der Waals surface area contributed by atoms with Gasteiger partial charge in [0.25, 0.3) is 9.24 Å². The normalized spacial score (nSPS) is 22.6. The van der Waals surface area contributed by atoms with E-state index in [1.807, 2.05) is 0 Å². The first-order valence-corrected chi connectivity index (χ1v) is 8.04. The number of rotatable bonds is 2. The second-order valence-electron chi connectivity index (χ2n) is 5.29. The molecule has 106 valence electrons. The molecule has 0 spiro atoms. The molecule has 0 saturated carbocycles. The fourth-order valence-corrected chi connectivity index (χ4v) is 2.81. The van der Waals surface area contributed by atoms with Crippen molar-refractivity contribution in [1.82, 2.24) is 9.62 Å². The molecule has 1 aliphatic rings. The molecule has 0 aromatic heterocycles. The molecule has 0 unspecified atom stereocenters. The van der Waals surface area contributed by atoms with Gasteiger partial charge in [-0.15, -0.1) is 0 Å². The molecule has 6 nitrogen and oxygen atoms in total. The van der Waals surface area contributed by atoms with Crippen LogP contribution in [0.25, 0.3) is 0 Å². The molecule has 0 aromatic rings. The number of hydrogen-bond donors (Lipinski definition) is 1. The Labute approximate surface area is 112 Å². The van der Waals surface area contributed by atoms with Crippen LogP contribution in [0.3, 0.4) is 0 Å². The maximum Gasteiger partial charge on any atom is 0.407 e. The molecular formula is C10H19ClN2O4S. The van der Waals surface area contributed by atoms with Crippen molar-refractivity contribution in [3.05, 3.63) is 0 Å². The fourth-order valence-electron chi connectivity index (χ4n) is 1.73. The van der Waals surface area contributed by atoms with Gasteiger partial charge >= 0.3 is 6.09 Å². The zero-order chi connectivity index (χ0) is 14.0. The van der Waals surface area contributed by atoms with Crippen molar-refractivity contribution in [2.75, 3.05) is 13.1 Å². The van der Waals surface area contributed by atoms with Crippen molar-refractivity contribution >= 4 is 26.0 Å². The number of carbonyl (C=O) groups is 1. The van der Waals surface area contributed by atoms with Crippen molar-refractivity contribution in [2.45, 2.75) is 45.3 Å². The van der Waals surface area contributed by atoms with Crippen LogP contribution in [0.1, 0.15) is 33.6 Å². The van der Waals surface area contributed by atoms with Crippen LogP contribution in [0.5, 0.6) is 0 Å². The van der Waals surface area contributed by atoms with Gasteiger partial charge in [-0.2, -0.15) is 12.7 Å². The van der Waals surface area contributed by atoms with Gasteiger partial charge in [0, 0.05) is 29.8 Å². The lowest BCUT2D eigenvalue weighted by Crippen LogP contribution is -2.49. The number of carbonyl (C=O) groups excluding carboxylic acids is 1. The van der Waals surface area contributed by atoms with Crippen molar-refractivity contribution in [3.8, 4) is 0 Å². The Kier molecular flexibility index (Phi) is 4.85. The maximum absolute atomic E-state index is 11.5. The van der Waals surface area contributed by atoms with Crippen LogP contribution in [-0.2, 0) is 14.0 Å². The topological polar surface area (TPSA) is 75.7 Å². The van der Waals surface area contributed by atoms with Crippen LogP contribution in [0.2, 0.25) is 0 Å². The maximum atomic E-state index is 11.5. The molecule has 1 amide bonds. The number of alkyl carbamates (subject to hydrolysis) is 1. The predicted octanol–water partition coefficient (Wildman–Crippen LogP) is 1.46. The molecule has 0 aromatic carbocycles. The zero-order valence-electron chi connectivity index (χ0n) is 10.8. The average Bonchev–Trinajstić information content (AvgIpc) is 2.13. The van der Waals surface area contributed by atoms with E-state index in [1.165, 1.54) is 0 Å². The first-order chi connectivity index (χ1) is 8.08. The smallest absolute Gasteiger partial charge is 0.407 e. The first-order valence-electron chi connectivity index (χ1n) is 5.77. The Morgan fingerprint density at radius 1 is 1.44 bits per heavy atom. The van der Waals surface area contributed by atoms with E-state index in [0.29, 0.717) is 19.4 Å². The van der Waals surface area contributed by atoms with Crippen LogP contribution < -0.4 is 5.32 Å². The van der Waals surface area contributed by atoms with Crippen LogP contribution in [0.15, 0.2) is 0 Å². The molecule has 8 heteroatoms. The third kappa shape index (κ3) is 5.41. The van der Waals surface area contributed by atoms with Crippen molar-refractivity contribution in [2.24, 2.45) is 0 Å². The summed E-state index contributed by atoms with van der Waals surface area (Å²) in [5, 5.41) is 2.65. The molecule has 1 atom stereocenters. The summed E-state index contributed by atoms with van der Waals surface area (Å²) in [6, 6.07) is -0.262. The summed E-state index contributed by atoms with van der Waals surface area (Å²) in [5.74, 6) is 0. The van der Waals surface area contributed by atoms with Gasteiger partial charge < -0.3 is 10.1 Å². The van der Waals surface area contributed by atoms with Crippen molar-refractivity contribution in [3.63, 3.8) is 0 Å². The van der Waals surface area contributed by atoms with E-state index in [-0.39, 0.29) is 12.6 Å². The van der Waals surface area contributed by atoms with Crippen LogP contribution >= 0.6 is 10.7 Å². The minimum absolute atomic E-state index is 0.186. The summed E-state index contributed by atoms with van der Waals surface area (Å²) in [7, 11) is 1.56. The van der Waals surface area contributed by atoms with E-state index in [0.717, 1.165) is 4.31 Å². The standard InChI is InChI=1S/C10H19ClN2O4S/c1-10(2,3)17-9(14)12-8-5-4-6-13(7-8)18(11,15)16/h8H,4-7H2,1-3H3,(H,12,14)/t8-/m1/s1. The molecule has 1 N–H and O–H groups in total. The van der Waals surface area contributed by atoms with E-state index >= 15 is 0 Å². The second kappa shape index (κ2) is 5.63. The van der Waals surface area contributed by atoms with Crippen molar-refractivity contribution < 1.29 is 17.9 Å². The Balaban J connectivity index is 2.51. The quantitative estimate of drug-likeness (QED) is 0.783. The van der Waals surface area contributed by atoms with Gasteiger partial charge in [0.2, 0.25) is 0 Å². The number of halogens is 1. The van der Waals surface area contributed by atoms with Gasteiger partial charge in [0.15, 0.2) is 0 Å². The fraction of sp³-hybridized carbons (Fsp3) is 0.900. The first kappa shape index (κ1) is 15.5. The summed E-state index contributed by atoms with van der Waals surface area (Å²) in [4.78, 5) is 11.5. The summed E-state index contributed by atoms with van der Waals surface area (Å²) >= 11 is 0. The highest BCUT2D eigenvalue weighted by Crippen LogP contribution is 2.17. The lowest BCUT2D eigenvalue weighted by molar-refractivity contribution is 0.0487. The Morgan fingerprint density at radius 2 is 2.06 bits per heavy atom. The van der Waals surface area contributed by atoms with Gasteiger partial charge in [-0.05, 0) is 33.6 Å². The molecule has 0 aliphatic carbocycles. The minimum atomic E-state index is -3.72. The molecule has 1 rings (SSSR count). The third-order valence-corrected chi connectivity index (χ3v) is 3.95. The molecule has 1 saturated heterocycles. The number of ether oxygens (including phenoxy) is 1. The summed E-state index contributed by atoms with van der Waals surface area (Å²) in [6.07, 6.45) is 0.829. The number of amides is 1. The highest BCUT2D eigenvalue weighted by molar-refractivity contribution is 8.11. The van der Waals surface area contributed by atoms with E-state index in [9.17, 15) is 13.2 Å². The van der Waals surface area contributed by atoms with Gasteiger partial charge in [0.05, 0.1) is 0 Å². The van der Waals surface area contributed by atoms with E-state index < -0.39 is 20.9 Å². The number of nitrogens with one attached hydrogen (secondary N) is 1. The van der Waals surface area contributed by atoms with Crippen molar-refractivity contribution in [1.29, 1.82) is 0 Å². The average molecular weight is 299 g/mol. The van der Waals surface area contributed by atoms with Gasteiger partial charge in [-0.3, -0.25) is 0 Å². The Morgan fingerprint density at radius 3 is 2.56 bits per heavy atom. The predicted molar refractivity (Wildman–Crippen MR) is 68.7 cm³/mol. The van der Waals surface area contributed by atoms with E-state index in [4.69, 9.17) is 15.4 Å². The number of hydrogen-bond acceptors (Lipinski definition) is 4. The van der Waals surface area contributed by atoms with Gasteiger partial charge in [-0.1, -0.05) is 0 Å². The highest BCUT2D eigenvalue weighted by Gasteiger charge is 2.29. The largest absolute Gasteiger partial charge is 0.444 e. The zero-order valence-corrected chi connectivity index (χ0v) is 12.3. The summed E-state index contributed by atoms with van der Waals surface area (Å²) in [6.45, 7) is 5.87. The molecule has 1 aliphatic heterocycles. The molecule has 1 fully saturated rings. The molecule has 0 radical (unpaired) electrons. The monoisotopic (exact) mass is 298 g/mol. The molecular weight excluding hydrogens is 280 g/mol. The SMILES string of the molecule is CC(C)(C)OC(=O)N[C@@H]1CCCN(S(=O)(=O)Cl)C1. The van der Waals surface area contributed by atoms with Crippen LogP contribution in [-0.4, -0.2) is 43.5 Å². The summed E-state index contributed by atoms with van der Waals surface area (Å²) < 4.78 is 28.7.